The Hall–Kier alpha value is -1.47. The molecule has 0 amide bonds. The van der Waals surface area contributed by atoms with Gasteiger partial charge in [-0.3, -0.25) is 0 Å². The molecule has 0 saturated carbocycles. The molecule has 0 radical (unpaired) electrons. The van der Waals surface area contributed by atoms with Crippen molar-refractivity contribution in [2.24, 2.45) is 0 Å². The van der Waals surface area contributed by atoms with Gasteiger partial charge in [0.25, 0.3) is 0 Å². The van der Waals surface area contributed by atoms with Crippen molar-refractivity contribution in [2.75, 3.05) is 0 Å². The molecule has 0 spiro atoms. The number of fused-ring (bicyclic) bond motifs is 9. The summed E-state index contributed by atoms with van der Waals surface area (Å²) in [5.74, 6) is 0. The Labute approximate surface area is 164 Å². The van der Waals surface area contributed by atoms with Gasteiger partial charge in [-0.05, 0) is 31.9 Å². The van der Waals surface area contributed by atoms with Crippen LogP contribution in [0.3, 0.4) is 0 Å². The van der Waals surface area contributed by atoms with Crippen molar-refractivity contribution in [3.8, 4) is 20.9 Å². The standard InChI is InChI=1S/C22H20S2Si2/c1-25(2)15-11-7-5-9-13(15)17-21(25)19-20(23-17)22-18(24-19)14-10-6-8-12-16(14)26(22,3)4/h5-12H,1-4H3. The maximum atomic E-state index is 2.55. The molecule has 0 nitrogen and oxygen atoms in total. The molecule has 0 fully saturated rings. The van der Waals surface area contributed by atoms with Gasteiger partial charge in [0.1, 0.15) is 16.1 Å². The second kappa shape index (κ2) is 4.68. The fourth-order valence-electron chi connectivity index (χ4n) is 5.17. The monoisotopic (exact) mass is 404 g/mol. The summed E-state index contributed by atoms with van der Waals surface area (Å²) in [4.78, 5) is 3.17. The van der Waals surface area contributed by atoms with Crippen LogP contribution in [0.2, 0.25) is 26.2 Å². The summed E-state index contributed by atoms with van der Waals surface area (Å²) in [5, 5.41) is 6.71. The lowest BCUT2D eigenvalue weighted by atomic mass is 10.2. The van der Waals surface area contributed by atoms with E-state index in [-0.39, 0.29) is 0 Å². The Morgan fingerprint density at radius 1 is 0.577 bits per heavy atom. The van der Waals surface area contributed by atoms with Gasteiger partial charge < -0.3 is 0 Å². The van der Waals surface area contributed by atoms with Gasteiger partial charge in [0.2, 0.25) is 0 Å². The third-order valence-corrected chi connectivity index (χ3v) is 16.9. The fraction of sp³-hybridized carbons (Fsp3) is 0.182. The molecular weight excluding hydrogens is 385 g/mol. The molecule has 0 aliphatic carbocycles. The van der Waals surface area contributed by atoms with E-state index >= 15 is 0 Å². The van der Waals surface area contributed by atoms with Gasteiger partial charge in [0.05, 0.1) is 0 Å². The van der Waals surface area contributed by atoms with Crippen LogP contribution in [-0.4, -0.2) is 16.1 Å². The van der Waals surface area contributed by atoms with Gasteiger partial charge >= 0.3 is 0 Å². The molecule has 2 aromatic heterocycles. The Balaban J connectivity index is 1.74. The molecule has 0 unspecified atom stereocenters. The molecule has 4 heteroatoms. The lowest BCUT2D eigenvalue weighted by molar-refractivity contribution is 1.75. The third-order valence-electron chi connectivity index (χ3n) is 6.46. The second-order valence-electron chi connectivity index (χ2n) is 8.61. The summed E-state index contributed by atoms with van der Waals surface area (Å²) < 4.78 is 3.25. The van der Waals surface area contributed by atoms with Crippen LogP contribution in [0.25, 0.3) is 30.3 Å². The van der Waals surface area contributed by atoms with Crippen LogP contribution in [0.5, 0.6) is 0 Å². The van der Waals surface area contributed by atoms with E-state index < -0.39 is 16.1 Å². The van der Waals surface area contributed by atoms with Crippen molar-refractivity contribution >= 4 is 69.0 Å². The minimum atomic E-state index is -1.59. The van der Waals surface area contributed by atoms with Gasteiger partial charge in [-0.1, -0.05) is 74.7 Å². The van der Waals surface area contributed by atoms with Gasteiger partial charge in [-0.15, -0.1) is 22.7 Å². The van der Waals surface area contributed by atoms with Gasteiger partial charge in [0, 0.05) is 19.2 Å². The molecule has 2 aliphatic heterocycles. The van der Waals surface area contributed by atoms with Crippen LogP contribution in [0.4, 0.5) is 0 Å². The van der Waals surface area contributed by atoms with Crippen molar-refractivity contribution in [2.45, 2.75) is 26.2 Å². The summed E-state index contributed by atoms with van der Waals surface area (Å²) in [6.45, 7) is 10.2. The number of thiophene rings is 2. The zero-order valence-electron chi connectivity index (χ0n) is 15.4. The van der Waals surface area contributed by atoms with E-state index in [2.05, 4.69) is 97.4 Å². The minimum Gasteiger partial charge on any atom is -0.134 e. The molecule has 0 saturated heterocycles. The Morgan fingerprint density at radius 3 is 1.38 bits per heavy atom. The maximum absolute atomic E-state index is 2.55. The number of rotatable bonds is 0. The predicted molar refractivity (Wildman–Crippen MR) is 124 cm³/mol. The molecule has 4 heterocycles. The summed E-state index contributed by atoms with van der Waals surface area (Å²) in [6.07, 6.45) is 0. The third kappa shape index (κ3) is 1.61. The highest BCUT2D eigenvalue weighted by Gasteiger charge is 2.46. The largest absolute Gasteiger partial charge is 0.134 e. The summed E-state index contributed by atoms with van der Waals surface area (Å²) in [5.41, 5.74) is 3.05. The number of hydrogen-bond donors (Lipinski definition) is 0. The predicted octanol–water partition coefficient (Wildman–Crippen LogP) is 4.57. The van der Waals surface area contributed by atoms with Crippen molar-refractivity contribution < 1.29 is 0 Å². The average molecular weight is 405 g/mol. The highest BCUT2D eigenvalue weighted by atomic mass is 32.1. The zero-order chi connectivity index (χ0) is 17.8. The Kier molecular flexibility index (Phi) is 2.80. The lowest BCUT2D eigenvalue weighted by Crippen LogP contribution is -2.50. The lowest BCUT2D eigenvalue weighted by Gasteiger charge is -2.19. The summed E-state index contributed by atoms with van der Waals surface area (Å²) in [7, 11) is -3.19. The van der Waals surface area contributed by atoms with E-state index in [0.717, 1.165) is 0 Å². The number of hydrogen-bond acceptors (Lipinski definition) is 2. The number of benzene rings is 2. The molecule has 26 heavy (non-hydrogen) atoms. The fourth-order valence-corrected chi connectivity index (χ4v) is 17.9. The Bertz CT molecular complexity index is 1140. The van der Waals surface area contributed by atoms with Crippen LogP contribution >= 0.6 is 22.7 Å². The van der Waals surface area contributed by atoms with Gasteiger partial charge in [0.15, 0.2) is 0 Å². The molecule has 6 rings (SSSR count). The first-order chi connectivity index (χ1) is 12.4. The second-order valence-corrected chi connectivity index (χ2v) is 19.2. The molecule has 4 aromatic rings. The molecule has 0 N–H and O–H groups in total. The average Bonchev–Trinajstić information content (AvgIpc) is 3.27. The van der Waals surface area contributed by atoms with Crippen molar-refractivity contribution in [1.29, 1.82) is 0 Å². The van der Waals surface area contributed by atoms with Crippen molar-refractivity contribution in [1.82, 2.24) is 0 Å². The molecule has 2 aromatic carbocycles. The van der Waals surface area contributed by atoms with E-state index in [0.29, 0.717) is 0 Å². The highest BCUT2D eigenvalue weighted by Crippen LogP contribution is 2.46. The van der Waals surface area contributed by atoms with Crippen LogP contribution in [-0.2, 0) is 0 Å². The Morgan fingerprint density at radius 2 is 0.962 bits per heavy atom. The maximum Gasteiger partial charge on any atom is 0.116 e. The molecule has 0 atom stereocenters. The topological polar surface area (TPSA) is 0 Å². The molecule has 0 bridgehead atoms. The van der Waals surface area contributed by atoms with Gasteiger partial charge in [-0.2, -0.15) is 0 Å². The van der Waals surface area contributed by atoms with Crippen LogP contribution < -0.4 is 20.7 Å². The van der Waals surface area contributed by atoms with Crippen LogP contribution in [0.15, 0.2) is 48.5 Å². The first-order valence-corrected chi connectivity index (χ1v) is 16.9. The first kappa shape index (κ1) is 15.6. The van der Waals surface area contributed by atoms with E-state index in [1.54, 1.807) is 39.9 Å². The van der Waals surface area contributed by atoms with Crippen molar-refractivity contribution in [3.63, 3.8) is 0 Å². The molecule has 2 aliphatic rings. The smallest absolute Gasteiger partial charge is 0.116 e. The molecule has 128 valence electrons. The summed E-state index contributed by atoms with van der Waals surface area (Å²) >= 11 is 4.19. The van der Waals surface area contributed by atoms with Gasteiger partial charge in [-0.25, -0.2) is 0 Å². The van der Waals surface area contributed by atoms with Crippen molar-refractivity contribution in [3.05, 3.63) is 48.5 Å². The normalized spacial score (nSPS) is 17.8. The zero-order valence-corrected chi connectivity index (χ0v) is 19.1. The van der Waals surface area contributed by atoms with E-state index in [9.17, 15) is 0 Å². The van der Waals surface area contributed by atoms with E-state index in [4.69, 9.17) is 0 Å². The molecular formula is C22H20S2Si2. The van der Waals surface area contributed by atoms with Crippen LogP contribution in [0.1, 0.15) is 0 Å². The minimum absolute atomic E-state index is 1.52. The quantitative estimate of drug-likeness (QED) is 0.377. The van der Waals surface area contributed by atoms with E-state index in [1.165, 1.54) is 11.1 Å². The first-order valence-electron chi connectivity index (χ1n) is 9.22. The van der Waals surface area contributed by atoms with Crippen LogP contribution in [0, 0.1) is 0 Å². The van der Waals surface area contributed by atoms with E-state index in [1.807, 2.05) is 0 Å². The highest BCUT2D eigenvalue weighted by molar-refractivity contribution is 7.39. The SMILES string of the molecule is C[Si]1(C)c2ccccc2-c2sc3c4c(sc3c21)-c1ccccc1[Si]4(C)C. The summed E-state index contributed by atoms with van der Waals surface area (Å²) in [6, 6.07) is 18.4.